The van der Waals surface area contributed by atoms with Crippen LogP contribution in [0.4, 0.5) is 10.5 Å². The number of hydrogen-bond acceptors (Lipinski definition) is 5. The van der Waals surface area contributed by atoms with Crippen molar-refractivity contribution in [1.82, 2.24) is 20.0 Å². The van der Waals surface area contributed by atoms with Gasteiger partial charge in [-0.05, 0) is 49.1 Å². The topological polar surface area (TPSA) is 59.1 Å². The summed E-state index contributed by atoms with van der Waals surface area (Å²) in [6.45, 7) is 5.95. The van der Waals surface area contributed by atoms with E-state index in [-0.39, 0.29) is 30.9 Å². The summed E-state index contributed by atoms with van der Waals surface area (Å²) in [6, 6.07) is 13.1. The second kappa shape index (κ2) is 8.06. The van der Waals surface area contributed by atoms with Gasteiger partial charge in [0, 0.05) is 30.8 Å². The van der Waals surface area contributed by atoms with Gasteiger partial charge in [-0.25, -0.2) is 4.79 Å². The SMILES string of the molecule is Cc1ccccc1CN1C(=O)C2C(NC3N(c4cccc(Cl)c4C)CCCN23)N(C)C1=O. The molecule has 0 radical (unpaired) electrons. The normalized spacial score (nSPS) is 25.9. The van der Waals surface area contributed by atoms with Crippen LogP contribution in [-0.4, -0.2) is 65.3 Å². The monoisotopic (exact) mass is 453 g/mol. The molecular formula is C24H28ClN5O2. The van der Waals surface area contributed by atoms with Crippen LogP contribution in [0.5, 0.6) is 0 Å². The molecule has 3 saturated heterocycles. The molecule has 8 heteroatoms. The number of hydrogen-bond donors (Lipinski definition) is 1. The van der Waals surface area contributed by atoms with E-state index in [2.05, 4.69) is 21.2 Å². The molecular weight excluding hydrogens is 426 g/mol. The van der Waals surface area contributed by atoms with Gasteiger partial charge < -0.3 is 9.80 Å². The number of halogens is 1. The summed E-state index contributed by atoms with van der Waals surface area (Å²) < 4.78 is 0. The van der Waals surface area contributed by atoms with Crippen molar-refractivity contribution < 1.29 is 9.59 Å². The highest BCUT2D eigenvalue weighted by atomic mass is 35.5. The highest BCUT2D eigenvalue weighted by Gasteiger charge is 2.56. The smallest absolute Gasteiger partial charge is 0.328 e. The molecule has 3 amide bonds. The molecule has 32 heavy (non-hydrogen) atoms. The number of nitrogens with zero attached hydrogens (tertiary/aromatic N) is 4. The van der Waals surface area contributed by atoms with E-state index < -0.39 is 6.04 Å². The lowest BCUT2D eigenvalue weighted by molar-refractivity contribution is -0.139. The van der Waals surface area contributed by atoms with Crippen LogP contribution in [0.3, 0.4) is 0 Å². The zero-order valence-electron chi connectivity index (χ0n) is 18.6. The Bertz CT molecular complexity index is 1080. The summed E-state index contributed by atoms with van der Waals surface area (Å²) in [5, 5.41) is 4.29. The number of carbonyl (C=O) groups excluding carboxylic acids is 2. The number of benzene rings is 2. The van der Waals surface area contributed by atoms with E-state index in [1.807, 2.05) is 50.2 Å². The van der Waals surface area contributed by atoms with Gasteiger partial charge in [0.1, 0.15) is 18.5 Å². The van der Waals surface area contributed by atoms with Crippen LogP contribution in [-0.2, 0) is 11.3 Å². The van der Waals surface area contributed by atoms with Gasteiger partial charge in [-0.1, -0.05) is 41.9 Å². The first kappa shape index (κ1) is 21.2. The first-order chi connectivity index (χ1) is 15.4. The fourth-order valence-electron chi connectivity index (χ4n) is 5.18. The minimum atomic E-state index is -0.422. The minimum Gasteiger partial charge on any atom is -0.343 e. The fourth-order valence-corrected chi connectivity index (χ4v) is 5.35. The summed E-state index contributed by atoms with van der Waals surface area (Å²) >= 11 is 6.40. The van der Waals surface area contributed by atoms with E-state index in [9.17, 15) is 9.59 Å². The van der Waals surface area contributed by atoms with Gasteiger partial charge in [-0.3, -0.25) is 19.9 Å². The molecule has 0 saturated carbocycles. The van der Waals surface area contributed by atoms with Crippen LogP contribution < -0.4 is 10.2 Å². The van der Waals surface area contributed by atoms with Crippen molar-refractivity contribution in [3.63, 3.8) is 0 Å². The van der Waals surface area contributed by atoms with Crippen molar-refractivity contribution in [3.8, 4) is 0 Å². The average molecular weight is 454 g/mol. The Hall–Kier alpha value is -2.61. The standard InChI is InChI=1S/C24H28ClN5O2/c1-15-8-4-5-9-17(15)14-30-22(31)20-21(27(3)24(30)32)26-23-28(12-7-13-29(20)23)19-11-6-10-18(25)16(19)2/h4-6,8-11,20-21,23,26H,7,12-14H2,1-3H3. The third-order valence-electron chi connectivity index (χ3n) is 7.01. The number of fused-ring (bicyclic) bond motifs is 3. The number of aryl methyl sites for hydroxylation is 1. The van der Waals surface area contributed by atoms with E-state index in [1.165, 1.54) is 4.90 Å². The Morgan fingerprint density at radius 3 is 2.62 bits per heavy atom. The van der Waals surface area contributed by atoms with Gasteiger partial charge in [0.2, 0.25) is 0 Å². The van der Waals surface area contributed by atoms with Crippen molar-refractivity contribution in [3.05, 3.63) is 64.2 Å². The van der Waals surface area contributed by atoms with Crippen LogP contribution in [0, 0.1) is 13.8 Å². The number of carbonyl (C=O) groups is 2. The van der Waals surface area contributed by atoms with Crippen molar-refractivity contribution in [2.24, 2.45) is 0 Å². The molecule has 0 bridgehead atoms. The lowest BCUT2D eigenvalue weighted by atomic mass is 10.1. The lowest BCUT2D eigenvalue weighted by Crippen LogP contribution is -2.66. The molecule has 168 valence electrons. The second-order valence-electron chi connectivity index (χ2n) is 8.84. The Kier molecular flexibility index (Phi) is 5.35. The average Bonchev–Trinajstić information content (AvgIpc) is 3.18. The molecule has 2 aromatic carbocycles. The minimum absolute atomic E-state index is 0.138. The van der Waals surface area contributed by atoms with Crippen molar-refractivity contribution in [1.29, 1.82) is 0 Å². The van der Waals surface area contributed by atoms with Gasteiger partial charge >= 0.3 is 6.03 Å². The molecule has 3 heterocycles. The Morgan fingerprint density at radius 1 is 1.06 bits per heavy atom. The molecule has 7 nitrogen and oxygen atoms in total. The molecule has 5 rings (SSSR count). The highest BCUT2D eigenvalue weighted by molar-refractivity contribution is 6.31. The Balaban J connectivity index is 1.46. The number of anilines is 1. The maximum atomic E-state index is 13.7. The number of likely N-dealkylation sites (N-methyl/N-ethyl adjacent to an activating group) is 1. The molecule has 0 aliphatic carbocycles. The van der Waals surface area contributed by atoms with Crippen molar-refractivity contribution >= 4 is 29.2 Å². The van der Waals surface area contributed by atoms with E-state index in [1.54, 1.807) is 11.9 Å². The quantitative estimate of drug-likeness (QED) is 0.773. The molecule has 2 aromatic rings. The summed E-state index contributed by atoms with van der Waals surface area (Å²) in [7, 11) is 1.78. The van der Waals surface area contributed by atoms with Crippen LogP contribution in [0.2, 0.25) is 5.02 Å². The number of urea groups is 1. The second-order valence-corrected chi connectivity index (χ2v) is 9.25. The molecule has 3 fully saturated rings. The van der Waals surface area contributed by atoms with E-state index in [4.69, 9.17) is 11.6 Å². The molecule has 0 aromatic heterocycles. The van der Waals surface area contributed by atoms with E-state index in [0.29, 0.717) is 0 Å². The van der Waals surface area contributed by atoms with Crippen LogP contribution in [0.25, 0.3) is 0 Å². The largest absolute Gasteiger partial charge is 0.343 e. The van der Waals surface area contributed by atoms with Crippen molar-refractivity contribution in [2.45, 2.75) is 45.3 Å². The predicted molar refractivity (Wildman–Crippen MR) is 124 cm³/mol. The van der Waals surface area contributed by atoms with Crippen LogP contribution in [0.1, 0.15) is 23.1 Å². The Labute approximate surface area is 193 Å². The zero-order valence-corrected chi connectivity index (χ0v) is 19.3. The van der Waals surface area contributed by atoms with Gasteiger partial charge in [-0.15, -0.1) is 0 Å². The highest BCUT2D eigenvalue weighted by Crippen LogP contribution is 2.36. The molecule has 3 atom stereocenters. The first-order valence-electron chi connectivity index (χ1n) is 11.0. The van der Waals surface area contributed by atoms with E-state index in [0.717, 1.165) is 46.9 Å². The predicted octanol–water partition coefficient (Wildman–Crippen LogP) is 3.14. The summed E-state index contributed by atoms with van der Waals surface area (Å²) in [4.78, 5) is 34.4. The summed E-state index contributed by atoms with van der Waals surface area (Å²) in [6.07, 6.45) is 0.387. The lowest BCUT2D eigenvalue weighted by Gasteiger charge is -2.44. The maximum absolute atomic E-state index is 13.7. The van der Waals surface area contributed by atoms with Gasteiger partial charge in [0.15, 0.2) is 0 Å². The number of nitrogens with one attached hydrogen (secondary N) is 1. The van der Waals surface area contributed by atoms with Crippen LogP contribution in [0.15, 0.2) is 42.5 Å². The third kappa shape index (κ3) is 3.27. The van der Waals surface area contributed by atoms with Crippen LogP contribution >= 0.6 is 11.6 Å². The summed E-state index contributed by atoms with van der Waals surface area (Å²) in [5.74, 6) is -0.138. The van der Waals surface area contributed by atoms with Gasteiger partial charge in [-0.2, -0.15) is 0 Å². The number of amides is 3. The molecule has 3 aliphatic rings. The van der Waals surface area contributed by atoms with E-state index >= 15 is 0 Å². The molecule has 3 aliphatic heterocycles. The molecule has 1 N–H and O–H groups in total. The van der Waals surface area contributed by atoms with Crippen molar-refractivity contribution in [2.75, 3.05) is 25.0 Å². The molecule has 0 spiro atoms. The first-order valence-corrected chi connectivity index (χ1v) is 11.4. The number of imide groups is 1. The zero-order chi connectivity index (χ0) is 22.6. The fraction of sp³-hybridized carbons (Fsp3) is 0.417. The van der Waals surface area contributed by atoms with Gasteiger partial charge in [0.25, 0.3) is 5.91 Å². The summed E-state index contributed by atoms with van der Waals surface area (Å²) in [5.41, 5.74) is 4.13. The molecule has 3 unspecified atom stereocenters. The Morgan fingerprint density at radius 2 is 1.84 bits per heavy atom. The number of rotatable bonds is 3. The maximum Gasteiger partial charge on any atom is 0.328 e. The van der Waals surface area contributed by atoms with Gasteiger partial charge in [0.05, 0.1) is 6.54 Å². The third-order valence-corrected chi connectivity index (χ3v) is 7.42.